The second-order valence-corrected chi connectivity index (χ2v) is 5.98. The predicted octanol–water partition coefficient (Wildman–Crippen LogP) is 1.06. The van der Waals surface area contributed by atoms with Gasteiger partial charge in [-0.1, -0.05) is 18.2 Å². The SMILES string of the molecule is CC(O)(CNC(=O)Cc1ccc2c(c1)CCC2)CC(=O)O. The summed E-state index contributed by atoms with van der Waals surface area (Å²) in [6, 6.07) is 6.10. The van der Waals surface area contributed by atoms with Gasteiger partial charge in [0.15, 0.2) is 0 Å². The number of benzene rings is 1. The summed E-state index contributed by atoms with van der Waals surface area (Å²) in [5.41, 5.74) is 2.20. The lowest BCUT2D eigenvalue weighted by Crippen LogP contribution is -2.42. The summed E-state index contributed by atoms with van der Waals surface area (Å²) in [5.74, 6) is -1.30. The summed E-state index contributed by atoms with van der Waals surface area (Å²) in [4.78, 5) is 22.5. The molecule has 1 amide bonds. The van der Waals surface area contributed by atoms with Crippen LogP contribution >= 0.6 is 0 Å². The normalized spacial score (nSPS) is 16.1. The third-order valence-electron chi connectivity index (χ3n) is 3.73. The molecule has 2 rings (SSSR count). The van der Waals surface area contributed by atoms with Gasteiger partial charge >= 0.3 is 5.97 Å². The minimum absolute atomic E-state index is 0.0664. The molecule has 0 fully saturated rings. The van der Waals surface area contributed by atoms with Gasteiger partial charge < -0.3 is 15.5 Å². The molecule has 0 bridgehead atoms. The molecule has 5 nitrogen and oxygen atoms in total. The number of aryl methyl sites for hydroxylation is 2. The predicted molar refractivity (Wildman–Crippen MR) is 78.1 cm³/mol. The lowest BCUT2D eigenvalue weighted by molar-refractivity contribution is -0.142. The molecular formula is C16H21NO4. The Morgan fingerprint density at radius 3 is 2.71 bits per heavy atom. The van der Waals surface area contributed by atoms with E-state index in [2.05, 4.69) is 17.4 Å². The fourth-order valence-electron chi connectivity index (χ4n) is 2.66. The second-order valence-electron chi connectivity index (χ2n) is 5.98. The topological polar surface area (TPSA) is 86.6 Å². The highest BCUT2D eigenvalue weighted by molar-refractivity contribution is 5.79. The van der Waals surface area contributed by atoms with Crippen molar-refractivity contribution >= 4 is 11.9 Å². The van der Waals surface area contributed by atoms with Crippen molar-refractivity contribution in [1.29, 1.82) is 0 Å². The van der Waals surface area contributed by atoms with Crippen molar-refractivity contribution in [1.82, 2.24) is 5.32 Å². The van der Waals surface area contributed by atoms with Crippen LogP contribution in [0.5, 0.6) is 0 Å². The van der Waals surface area contributed by atoms with Gasteiger partial charge in [-0.05, 0) is 42.9 Å². The average molecular weight is 291 g/mol. The van der Waals surface area contributed by atoms with Crippen LogP contribution in [-0.2, 0) is 28.9 Å². The van der Waals surface area contributed by atoms with Gasteiger partial charge in [-0.3, -0.25) is 9.59 Å². The molecule has 1 unspecified atom stereocenters. The number of nitrogens with one attached hydrogen (secondary N) is 1. The molecule has 114 valence electrons. The van der Waals surface area contributed by atoms with E-state index in [0.29, 0.717) is 0 Å². The van der Waals surface area contributed by atoms with Crippen LogP contribution in [0.2, 0.25) is 0 Å². The molecule has 0 heterocycles. The zero-order chi connectivity index (χ0) is 15.5. The highest BCUT2D eigenvalue weighted by Crippen LogP contribution is 2.23. The molecule has 0 radical (unpaired) electrons. The van der Waals surface area contributed by atoms with Gasteiger partial charge in [0.05, 0.1) is 18.4 Å². The maximum absolute atomic E-state index is 11.9. The van der Waals surface area contributed by atoms with Crippen molar-refractivity contribution in [2.45, 2.75) is 44.6 Å². The van der Waals surface area contributed by atoms with Gasteiger partial charge in [0, 0.05) is 6.54 Å². The Morgan fingerprint density at radius 1 is 1.29 bits per heavy atom. The smallest absolute Gasteiger partial charge is 0.306 e. The van der Waals surface area contributed by atoms with Crippen LogP contribution in [-0.4, -0.2) is 34.2 Å². The van der Waals surface area contributed by atoms with E-state index in [4.69, 9.17) is 5.11 Å². The van der Waals surface area contributed by atoms with E-state index >= 15 is 0 Å². The second kappa shape index (κ2) is 6.26. The minimum Gasteiger partial charge on any atom is -0.481 e. The molecule has 1 aromatic rings. The van der Waals surface area contributed by atoms with Gasteiger partial charge in [-0.2, -0.15) is 0 Å². The van der Waals surface area contributed by atoms with Crippen molar-refractivity contribution in [2.75, 3.05) is 6.54 Å². The molecule has 3 N–H and O–H groups in total. The molecule has 1 aromatic carbocycles. The van der Waals surface area contributed by atoms with Crippen LogP contribution < -0.4 is 5.32 Å². The summed E-state index contributed by atoms with van der Waals surface area (Å²) in [5, 5.41) is 21.1. The zero-order valence-corrected chi connectivity index (χ0v) is 12.2. The number of amides is 1. The van der Waals surface area contributed by atoms with Gasteiger partial charge in [-0.25, -0.2) is 0 Å². The fraction of sp³-hybridized carbons (Fsp3) is 0.500. The Labute approximate surface area is 124 Å². The molecule has 1 aliphatic rings. The monoisotopic (exact) mass is 291 g/mol. The third kappa shape index (κ3) is 4.56. The zero-order valence-electron chi connectivity index (χ0n) is 12.2. The number of aliphatic hydroxyl groups is 1. The van der Waals surface area contributed by atoms with Crippen molar-refractivity contribution in [3.05, 3.63) is 34.9 Å². The van der Waals surface area contributed by atoms with Crippen molar-refractivity contribution in [3.8, 4) is 0 Å². The van der Waals surface area contributed by atoms with Crippen LogP contribution in [0, 0.1) is 0 Å². The van der Waals surface area contributed by atoms with E-state index in [9.17, 15) is 14.7 Å². The molecule has 0 spiro atoms. The number of carboxylic acids is 1. The molecular weight excluding hydrogens is 270 g/mol. The minimum atomic E-state index is -1.43. The molecule has 5 heteroatoms. The lowest BCUT2D eigenvalue weighted by atomic mass is 10.0. The van der Waals surface area contributed by atoms with Crippen LogP contribution in [0.4, 0.5) is 0 Å². The Hall–Kier alpha value is -1.88. The van der Waals surface area contributed by atoms with Crippen molar-refractivity contribution in [3.63, 3.8) is 0 Å². The summed E-state index contributed by atoms with van der Waals surface area (Å²) in [7, 11) is 0. The molecule has 0 saturated heterocycles. The van der Waals surface area contributed by atoms with E-state index in [0.717, 1.165) is 18.4 Å². The number of hydrogen-bond donors (Lipinski definition) is 3. The van der Waals surface area contributed by atoms with E-state index in [-0.39, 0.29) is 18.9 Å². The van der Waals surface area contributed by atoms with Crippen LogP contribution in [0.25, 0.3) is 0 Å². The maximum atomic E-state index is 11.9. The van der Waals surface area contributed by atoms with Gasteiger partial charge in [0.2, 0.25) is 5.91 Å². The molecule has 0 saturated carbocycles. The van der Waals surface area contributed by atoms with Crippen LogP contribution in [0.3, 0.4) is 0 Å². The van der Waals surface area contributed by atoms with E-state index < -0.39 is 18.0 Å². The van der Waals surface area contributed by atoms with Gasteiger partial charge in [0.1, 0.15) is 0 Å². The number of carboxylic acid groups (broad SMARTS) is 1. The first-order chi connectivity index (χ1) is 9.85. The first-order valence-corrected chi connectivity index (χ1v) is 7.17. The molecule has 0 aliphatic heterocycles. The summed E-state index contributed by atoms with van der Waals surface area (Å²) < 4.78 is 0. The van der Waals surface area contributed by atoms with Crippen molar-refractivity contribution < 1.29 is 19.8 Å². The first-order valence-electron chi connectivity index (χ1n) is 7.17. The Bertz CT molecular complexity index is 551. The van der Waals surface area contributed by atoms with E-state index in [1.165, 1.54) is 24.5 Å². The van der Waals surface area contributed by atoms with Gasteiger partial charge in [0.25, 0.3) is 0 Å². The van der Waals surface area contributed by atoms with E-state index in [1.807, 2.05) is 6.07 Å². The summed E-state index contributed by atoms with van der Waals surface area (Å²) in [6.07, 6.45) is 3.20. The Morgan fingerprint density at radius 2 is 2.00 bits per heavy atom. The number of fused-ring (bicyclic) bond motifs is 1. The first kappa shape index (κ1) is 15.5. The summed E-state index contributed by atoms with van der Waals surface area (Å²) >= 11 is 0. The molecule has 1 atom stereocenters. The van der Waals surface area contributed by atoms with E-state index in [1.54, 1.807) is 0 Å². The average Bonchev–Trinajstić information content (AvgIpc) is 2.82. The Kier molecular flexibility index (Phi) is 4.63. The standard InChI is InChI=1S/C16H21NO4/c1-16(21,9-15(19)20)10-17-14(18)8-11-5-6-12-3-2-4-13(12)7-11/h5-7,21H,2-4,8-10H2,1H3,(H,17,18)(H,19,20). The largest absolute Gasteiger partial charge is 0.481 e. The summed E-state index contributed by atoms with van der Waals surface area (Å²) in [6.45, 7) is 1.33. The highest BCUT2D eigenvalue weighted by atomic mass is 16.4. The molecule has 0 aromatic heterocycles. The number of hydrogen-bond acceptors (Lipinski definition) is 3. The third-order valence-corrected chi connectivity index (χ3v) is 3.73. The van der Waals surface area contributed by atoms with Gasteiger partial charge in [-0.15, -0.1) is 0 Å². The van der Waals surface area contributed by atoms with Crippen molar-refractivity contribution in [2.24, 2.45) is 0 Å². The highest BCUT2D eigenvalue weighted by Gasteiger charge is 2.24. The number of carbonyl (C=O) groups excluding carboxylic acids is 1. The number of aliphatic carboxylic acids is 1. The van der Waals surface area contributed by atoms with Crippen LogP contribution in [0.1, 0.15) is 36.5 Å². The lowest BCUT2D eigenvalue weighted by Gasteiger charge is -2.21. The maximum Gasteiger partial charge on any atom is 0.306 e. The molecule has 21 heavy (non-hydrogen) atoms. The number of carbonyl (C=O) groups is 2. The van der Waals surface area contributed by atoms with Crippen LogP contribution in [0.15, 0.2) is 18.2 Å². The molecule has 1 aliphatic carbocycles. The number of rotatable bonds is 6. The Balaban J connectivity index is 1.86. The quantitative estimate of drug-likeness (QED) is 0.731. The fourth-order valence-corrected chi connectivity index (χ4v) is 2.66.